The second-order valence-corrected chi connectivity index (χ2v) is 6.50. The Morgan fingerprint density at radius 2 is 2.00 bits per heavy atom. The minimum Gasteiger partial charge on any atom is -0.489 e. The number of hydrogen-bond donors (Lipinski definition) is 1. The van der Waals surface area contributed by atoms with Crippen LogP contribution in [-0.4, -0.2) is 10.1 Å². The van der Waals surface area contributed by atoms with Gasteiger partial charge in [0.25, 0.3) is 0 Å². The molecule has 0 spiro atoms. The van der Waals surface area contributed by atoms with E-state index < -0.39 is 6.10 Å². The predicted octanol–water partition coefficient (Wildman–Crippen LogP) is 5.35. The van der Waals surface area contributed by atoms with Gasteiger partial charge in [0, 0.05) is 11.6 Å². The summed E-state index contributed by atoms with van der Waals surface area (Å²) in [5.74, 6) is 0.834. The Labute approximate surface area is 149 Å². The van der Waals surface area contributed by atoms with Crippen molar-refractivity contribution < 1.29 is 9.84 Å². The van der Waals surface area contributed by atoms with Crippen molar-refractivity contribution in [2.75, 3.05) is 0 Å². The molecule has 3 rings (SSSR count). The van der Waals surface area contributed by atoms with E-state index in [0.29, 0.717) is 6.61 Å². The van der Waals surface area contributed by atoms with Crippen LogP contribution in [-0.2, 0) is 6.61 Å². The van der Waals surface area contributed by atoms with Gasteiger partial charge in [-0.05, 0) is 60.4 Å². The van der Waals surface area contributed by atoms with E-state index in [1.54, 1.807) is 0 Å². The van der Waals surface area contributed by atoms with E-state index in [2.05, 4.69) is 18.8 Å². The number of aromatic nitrogens is 1. The molecule has 1 heterocycles. The highest BCUT2D eigenvalue weighted by Gasteiger charge is 2.08. The lowest BCUT2D eigenvalue weighted by Gasteiger charge is -2.13. The molecule has 1 unspecified atom stereocenters. The largest absolute Gasteiger partial charge is 0.489 e. The molecule has 0 radical (unpaired) electrons. The van der Waals surface area contributed by atoms with Crippen LogP contribution in [0.1, 0.15) is 49.0 Å². The van der Waals surface area contributed by atoms with E-state index in [1.165, 1.54) is 5.56 Å². The van der Waals surface area contributed by atoms with E-state index in [4.69, 9.17) is 4.74 Å². The molecule has 0 aliphatic rings. The number of unbranched alkanes of at least 4 members (excludes halogenated alkanes) is 1. The van der Waals surface area contributed by atoms with Crippen LogP contribution >= 0.6 is 0 Å². The Morgan fingerprint density at radius 1 is 1.12 bits per heavy atom. The second kappa shape index (κ2) is 8.13. The molecule has 3 heteroatoms. The number of hydrogen-bond acceptors (Lipinski definition) is 3. The number of nitrogens with zero attached hydrogens (tertiary/aromatic N) is 1. The molecule has 0 saturated carbocycles. The quantitative estimate of drug-likeness (QED) is 0.633. The molecule has 0 saturated heterocycles. The first kappa shape index (κ1) is 17.4. The van der Waals surface area contributed by atoms with Gasteiger partial charge in [0.2, 0.25) is 0 Å². The maximum atomic E-state index is 10.3. The first-order chi connectivity index (χ1) is 12.2. The molecule has 1 atom stereocenters. The number of rotatable bonds is 7. The number of fused-ring (bicyclic) bond motifs is 1. The lowest BCUT2D eigenvalue weighted by Crippen LogP contribution is -2.00. The van der Waals surface area contributed by atoms with Crippen LogP contribution in [0.4, 0.5) is 0 Å². The molecule has 3 nitrogen and oxygen atoms in total. The summed E-state index contributed by atoms with van der Waals surface area (Å²) >= 11 is 0. The summed E-state index contributed by atoms with van der Waals surface area (Å²) in [5.41, 5.74) is 4.20. The summed E-state index contributed by atoms with van der Waals surface area (Å²) in [7, 11) is 0. The van der Waals surface area contributed by atoms with Crippen molar-refractivity contribution in [3.8, 4) is 5.75 Å². The molecule has 25 heavy (non-hydrogen) atoms. The van der Waals surface area contributed by atoms with Gasteiger partial charge in [0.1, 0.15) is 12.4 Å². The molecule has 0 amide bonds. The molecule has 2 aromatic carbocycles. The van der Waals surface area contributed by atoms with E-state index in [-0.39, 0.29) is 0 Å². The highest BCUT2D eigenvalue weighted by atomic mass is 16.5. The molecular formula is C22H25NO2. The topological polar surface area (TPSA) is 42.4 Å². The Balaban J connectivity index is 1.70. The number of pyridine rings is 1. The van der Waals surface area contributed by atoms with Gasteiger partial charge in [-0.1, -0.05) is 38.0 Å². The Morgan fingerprint density at radius 3 is 2.84 bits per heavy atom. The maximum Gasteiger partial charge on any atom is 0.120 e. The van der Waals surface area contributed by atoms with Gasteiger partial charge >= 0.3 is 0 Å². The summed E-state index contributed by atoms with van der Waals surface area (Å²) < 4.78 is 5.96. The van der Waals surface area contributed by atoms with Gasteiger partial charge in [-0.25, -0.2) is 0 Å². The van der Waals surface area contributed by atoms with Gasteiger partial charge in [-0.3, -0.25) is 4.98 Å². The van der Waals surface area contributed by atoms with Crippen LogP contribution in [0.2, 0.25) is 0 Å². The van der Waals surface area contributed by atoms with Crippen LogP contribution in [0.3, 0.4) is 0 Å². The lowest BCUT2D eigenvalue weighted by atomic mass is 10.0. The van der Waals surface area contributed by atoms with E-state index in [0.717, 1.165) is 47.0 Å². The standard InChI is InChI=1S/C22H25NO2/c1-3-4-8-22(24)18-7-5-6-17(13-18)15-25-19-9-10-21-20(14-19)16(2)11-12-23-21/h5-7,9-14,22,24H,3-4,8,15H2,1-2H3. The van der Waals surface area contributed by atoms with Crippen LogP contribution < -0.4 is 4.74 Å². The molecule has 0 bridgehead atoms. The van der Waals surface area contributed by atoms with Crippen molar-refractivity contribution in [1.29, 1.82) is 0 Å². The third kappa shape index (κ3) is 4.37. The van der Waals surface area contributed by atoms with E-state index in [1.807, 2.05) is 54.7 Å². The third-order valence-corrected chi connectivity index (χ3v) is 4.50. The summed E-state index contributed by atoms with van der Waals surface area (Å²) in [6.45, 7) is 4.70. The van der Waals surface area contributed by atoms with E-state index >= 15 is 0 Å². The molecule has 0 aliphatic heterocycles. The fourth-order valence-electron chi connectivity index (χ4n) is 2.97. The van der Waals surface area contributed by atoms with Gasteiger partial charge in [0.05, 0.1) is 11.6 Å². The minimum atomic E-state index is -0.394. The summed E-state index contributed by atoms with van der Waals surface area (Å²) in [4.78, 5) is 4.37. The fraction of sp³-hybridized carbons (Fsp3) is 0.318. The normalized spacial score (nSPS) is 12.3. The second-order valence-electron chi connectivity index (χ2n) is 6.50. The summed E-state index contributed by atoms with van der Waals surface area (Å²) in [6.07, 6.45) is 4.36. The van der Waals surface area contributed by atoms with Crippen molar-refractivity contribution in [1.82, 2.24) is 4.98 Å². The zero-order chi connectivity index (χ0) is 17.6. The Bertz CT molecular complexity index is 844. The summed E-state index contributed by atoms with van der Waals surface area (Å²) in [6, 6.07) is 16.0. The van der Waals surface area contributed by atoms with Crippen molar-refractivity contribution >= 4 is 10.9 Å². The number of aliphatic hydroxyl groups is 1. The van der Waals surface area contributed by atoms with Gasteiger partial charge < -0.3 is 9.84 Å². The smallest absolute Gasteiger partial charge is 0.120 e. The van der Waals surface area contributed by atoms with Crippen LogP contribution in [0, 0.1) is 6.92 Å². The zero-order valence-corrected chi connectivity index (χ0v) is 14.9. The monoisotopic (exact) mass is 335 g/mol. The molecule has 1 N–H and O–H groups in total. The summed E-state index contributed by atoms with van der Waals surface area (Å²) in [5, 5.41) is 11.4. The van der Waals surface area contributed by atoms with Crippen molar-refractivity contribution in [3.63, 3.8) is 0 Å². The number of aliphatic hydroxyl groups excluding tert-OH is 1. The number of aryl methyl sites for hydroxylation is 1. The fourth-order valence-corrected chi connectivity index (χ4v) is 2.97. The SMILES string of the molecule is CCCCC(O)c1cccc(COc2ccc3nccc(C)c3c2)c1. The molecule has 0 fully saturated rings. The third-order valence-electron chi connectivity index (χ3n) is 4.50. The molecule has 130 valence electrons. The van der Waals surface area contributed by atoms with E-state index in [9.17, 15) is 5.11 Å². The minimum absolute atomic E-state index is 0.394. The Kier molecular flexibility index (Phi) is 5.67. The zero-order valence-electron chi connectivity index (χ0n) is 14.9. The van der Waals surface area contributed by atoms with Crippen molar-refractivity contribution in [3.05, 3.63) is 71.4 Å². The lowest BCUT2D eigenvalue weighted by molar-refractivity contribution is 0.164. The average molecular weight is 335 g/mol. The molecular weight excluding hydrogens is 310 g/mol. The maximum absolute atomic E-state index is 10.3. The van der Waals surface area contributed by atoms with Crippen molar-refractivity contribution in [2.45, 2.75) is 45.8 Å². The Hall–Kier alpha value is -2.39. The molecule has 0 aliphatic carbocycles. The van der Waals surface area contributed by atoms with Crippen LogP contribution in [0.5, 0.6) is 5.75 Å². The number of benzene rings is 2. The molecule has 1 aromatic heterocycles. The van der Waals surface area contributed by atoms with Gasteiger partial charge in [-0.2, -0.15) is 0 Å². The van der Waals surface area contributed by atoms with Gasteiger partial charge in [-0.15, -0.1) is 0 Å². The number of ether oxygens (including phenoxy) is 1. The van der Waals surface area contributed by atoms with Crippen LogP contribution in [0.15, 0.2) is 54.7 Å². The van der Waals surface area contributed by atoms with Crippen LogP contribution in [0.25, 0.3) is 10.9 Å². The first-order valence-corrected chi connectivity index (χ1v) is 8.92. The van der Waals surface area contributed by atoms with Crippen molar-refractivity contribution in [2.24, 2.45) is 0 Å². The molecule has 3 aromatic rings. The highest BCUT2D eigenvalue weighted by Crippen LogP contribution is 2.24. The highest BCUT2D eigenvalue weighted by molar-refractivity contribution is 5.83. The van der Waals surface area contributed by atoms with Gasteiger partial charge in [0.15, 0.2) is 0 Å². The predicted molar refractivity (Wildman–Crippen MR) is 102 cm³/mol. The average Bonchev–Trinajstić information content (AvgIpc) is 2.65. The first-order valence-electron chi connectivity index (χ1n) is 8.92.